The van der Waals surface area contributed by atoms with Crippen LogP contribution in [0.1, 0.15) is 49.2 Å². The van der Waals surface area contributed by atoms with Crippen molar-refractivity contribution in [1.82, 2.24) is 9.88 Å². The van der Waals surface area contributed by atoms with Crippen LogP contribution in [0.2, 0.25) is 0 Å². The highest BCUT2D eigenvalue weighted by atomic mass is 16.5. The maximum absolute atomic E-state index is 13.6. The Hall–Kier alpha value is -4.07. The zero-order valence-electron chi connectivity index (χ0n) is 23.1. The molecule has 0 radical (unpaired) electrons. The van der Waals surface area contributed by atoms with E-state index < -0.39 is 5.97 Å². The average Bonchev–Trinajstić information content (AvgIpc) is 2.96. The summed E-state index contributed by atoms with van der Waals surface area (Å²) in [6.07, 6.45) is 2.64. The molecule has 1 saturated heterocycles. The Balaban J connectivity index is 1.42. The van der Waals surface area contributed by atoms with Gasteiger partial charge in [0.1, 0.15) is 5.69 Å². The van der Waals surface area contributed by atoms with E-state index in [1.165, 1.54) is 5.56 Å². The number of nitrogens with zero attached hydrogens (tertiary/aromatic N) is 3. The SMILES string of the molecule is COc1ccc(-c2cccc(C(=O)N3C[C@@H](C)N(c4ccc(CCCCC(=O)O)cc4)C[C@@H]3C)n2)cc1OC. The molecule has 1 fully saturated rings. The summed E-state index contributed by atoms with van der Waals surface area (Å²) in [5, 5.41) is 8.81. The molecule has 8 nitrogen and oxygen atoms in total. The molecule has 0 aliphatic carbocycles. The van der Waals surface area contributed by atoms with E-state index in [9.17, 15) is 9.59 Å². The molecule has 1 aliphatic heterocycles. The van der Waals surface area contributed by atoms with Gasteiger partial charge in [0, 0.05) is 42.8 Å². The van der Waals surface area contributed by atoms with Crippen molar-refractivity contribution in [3.8, 4) is 22.8 Å². The van der Waals surface area contributed by atoms with Crippen LogP contribution < -0.4 is 14.4 Å². The molecule has 1 aliphatic rings. The minimum atomic E-state index is -0.743. The maximum atomic E-state index is 13.6. The van der Waals surface area contributed by atoms with Crippen molar-refractivity contribution in [3.05, 3.63) is 71.9 Å². The number of carboxylic acid groups (broad SMARTS) is 1. The Morgan fingerprint density at radius 3 is 2.36 bits per heavy atom. The molecule has 8 heteroatoms. The second kappa shape index (κ2) is 12.7. The van der Waals surface area contributed by atoms with Gasteiger partial charge in [0.25, 0.3) is 5.91 Å². The van der Waals surface area contributed by atoms with E-state index in [4.69, 9.17) is 19.6 Å². The first-order chi connectivity index (χ1) is 18.8. The van der Waals surface area contributed by atoms with Crippen LogP contribution in [0.4, 0.5) is 5.69 Å². The van der Waals surface area contributed by atoms with Crippen molar-refractivity contribution in [1.29, 1.82) is 0 Å². The molecule has 1 N–H and O–H groups in total. The summed E-state index contributed by atoms with van der Waals surface area (Å²) < 4.78 is 10.8. The number of carbonyl (C=O) groups is 2. The molecule has 0 bridgehead atoms. The smallest absolute Gasteiger partial charge is 0.303 e. The molecule has 0 unspecified atom stereocenters. The molecular weight excluding hydrogens is 494 g/mol. The van der Waals surface area contributed by atoms with Crippen LogP contribution in [0.15, 0.2) is 60.7 Å². The number of pyridine rings is 1. The summed E-state index contributed by atoms with van der Waals surface area (Å²) in [5.74, 6) is 0.429. The molecule has 206 valence electrons. The lowest BCUT2D eigenvalue weighted by atomic mass is 10.0. The molecule has 3 aromatic rings. The van der Waals surface area contributed by atoms with E-state index in [1.807, 2.05) is 35.2 Å². The van der Waals surface area contributed by atoms with E-state index in [1.54, 1.807) is 20.3 Å². The third-order valence-corrected chi connectivity index (χ3v) is 7.27. The van der Waals surface area contributed by atoms with Crippen LogP contribution in [0.25, 0.3) is 11.3 Å². The Labute approximate surface area is 230 Å². The third-order valence-electron chi connectivity index (χ3n) is 7.27. The van der Waals surface area contributed by atoms with Gasteiger partial charge in [0.2, 0.25) is 0 Å². The predicted molar refractivity (Wildman–Crippen MR) is 152 cm³/mol. The van der Waals surface area contributed by atoms with E-state index in [2.05, 4.69) is 43.0 Å². The second-order valence-electron chi connectivity index (χ2n) is 10.1. The zero-order valence-corrected chi connectivity index (χ0v) is 23.1. The molecule has 2 aromatic carbocycles. The largest absolute Gasteiger partial charge is 0.493 e. The van der Waals surface area contributed by atoms with E-state index in [0.29, 0.717) is 35.9 Å². The number of aryl methyl sites for hydroxylation is 1. The normalized spacial score (nSPS) is 17.1. The molecule has 2 atom stereocenters. The molecule has 4 rings (SSSR count). The molecule has 1 aromatic heterocycles. The van der Waals surface area contributed by atoms with Gasteiger partial charge in [-0.05, 0) is 81.1 Å². The van der Waals surface area contributed by atoms with Gasteiger partial charge >= 0.3 is 5.97 Å². The fourth-order valence-corrected chi connectivity index (χ4v) is 5.09. The number of methoxy groups -OCH3 is 2. The van der Waals surface area contributed by atoms with Crippen molar-refractivity contribution >= 4 is 17.6 Å². The van der Waals surface area contributed by atoms with Crippen molar-refractivity contribution in [2.75, 3.05) is 32.2 Å². The lowest BCUT2D eigenvalue weighted by Gasteiger charge is -2.45. The fourth-order valence-electron chi connectivity index (χ4n) is 5.09. The van der Waals surface area contributed by atoms with Gasteiger partial charge in [0.15, 0.2) is 11.5 Å². The third kappa shape index (κ3) is 6.69. The summed E-state index contributed by atoms with van der Waals surface area (Å²) in [6.45, 7) is 5.53. The van der Waals surface area contributed by atoms with Crippen molar-refractivity contribution < 1.29 is 24.2 Å². The highest BCUT2D eigenvalue weighted by Gasteiger charge is 2.33. The minimum Gasteiger partial charge on any atom is -0.493 e. The number of aliphatic carboxylic acids is 1. The van der Waals surface area contributed by atoms with Crippen LogP contribution in [0, 0.1) is 0 Å². The van der Waals surface area contributed by atoms with E-state index in [-0.39, 0.29) is 24.4 Å². The molecule has 1 amide bonds. The number of hydrogen-bond donors (Lipinski definition) is 1. The molecule has 0 saturated carbocycles. The lowest BCUT2D eigenvalue weighted by Crippen LogP contribution is -2.58. The Kier molecular flexibility index (Phi) is 9.07. The number of benzene rings is 2. The van der Waals surface area contributed by atoms with Crippen molar-refractivity contribution in [2.45, 2.75) is 51.6 Å². The van der Waals surface area contributed by atoms with Crippen LogP contribution in [-0.2, 0) is 11.2 Å². The average molecular weight is 532 g/mol. The first-order valence-corrected chi connectivity index (χ1v) is 13.4. The Morgan fingerprint density at radius 1 is 0.923 bits per heavy atom. The lowest BCUT2D eigenvalue weighted by molar-refractivity contribution is -0.137. The standard InChI is InChI=1S/C31H37N3O5/c1-21-20-34(22(2)19-33(21)25-15-12-23(13-16-25)8-5-6-11-30(35)36)31(37)27-10-7-9-26(32-27)24-14-17-28(38-3)29(18-24)39-4/h7,9-10,12-18,21-22H,5-6,8,11,19-20H2,1-4H3,(H,35,36)/t21-,22+/m1/s1. The number of unbranched alkanes of at least 4 members (excludes halogenated alkanes) is 1. The van der Waals surface area contributed by atoms with E-state index in [0.717, 1.165) is 30.6 Å². The van der Waals surface area contributed by atoms with Crippen LogP contribution in [0.3, 0.4) is 0 Å². The van der Waals surface area contributed by atoms with Crippen LogP contribution >= 0.6 is 0 Å². The first-order valence-electron chi connectivity index (χ1n) is 13.4. The second-order valence-corrected chi connectivity index (χ2v) is 10.1. The topological polar surface area (TPSA) is 92.2 Å². The zero-order chi connectivity index (χ0) is 27.9. The summed E-state index contributed by atoms with van der Waals surface area (Å²) in [7, 11) is 3.19. The predicted octanol–water partition coefficient (Wildman–Crippen LogP) is 5.30. The van der Waals surface area contributed by atoms with Crippen molar-refractivity contribution in [2.24, 2.45) is 0 Å². The Morgan fingerprint density at radius 2 is 1.67 bits per heavy atom. The number of anilines is 1. The number of piperazine rings is 1. The molecule has 2 heterocycles. The number of hydrogen-bond acceptors (Lipinski definition) is 6. The van der Waals surface area contributed by atoms with Crippen LogP contribution in [0.5, 0.6) is 11.5 Å². The highest BCUT2D eigenvalue weighted by Crippen LogP contribution is 2.32. The van der Waals surface area contributed by atoms with Gasteiger partial charge in [-0.3, -0.25) is 9.59 Å². The Bertz CT molecular complexity index is 1290. The molecular formula is C31H37N3O5. The van der Waals surface area contributed by atoms with E-state index >= 15 is 0 Å². The van der Waals surface area contributed by atoms with Gasteiger partial charge in [-0.2, -0.15) is 0 Å². The minimum absolute atomic E-state index is 0.0101. The maximum Gasteiger partial charge on any atom is 0.303 e. The molecule has 39 heavy (non-hydrogen) atoms. The highest BCUT2D eigenvalue weighted by molar-refractivity contribution is 5.93. The summed E-state index contributed by atoms with van der Waals surface area (Å²) in [5.41, 5.74) is 4.30. The van der Waals surface area contributed by atoms with Gasteiger partial charge in [-0.15, -0.1) is 0 Å². The fraction of sp³-hybridized carbons (Fsp3) is 0.387. The van der Waals surface area contributed by atoms with Crippen LogP contribution in [-0.4, -0.2) is 66.3 Å². The monoisotopic (exact) mass is 531 g/mol. The number of carbonyl (C=O) groups excluding carboxylic acids is 1. The number of carboxylic acids is 1. The van der Waals surface area contributed by atoms with Gasteiger partial charge in [-0.1, -0.05) is 18.2 Å². The first kappa shape index (κ1) is 28.0. The summed E-state index contributed by atoms with van der Waals surface area (Å²) in [6, 6.07) is 19.8. The number of amides is 1. The summed E-state index contributed by atoms with van der Waals surface area (Å²) in [4.78, 5) is 33.2. The van der Waals surface area contributed by atoms with Gasteiger partial charge < -0.3 is 24.4 Å². The number of rotatable bonds is 10. The quantitative estimate of drug-likeness (QED) is 0.355. The van der Waals surface area contributed by atoms with Gasteiger partial charge in [0.05, 0.1) is 19.9 Å². The van der Waals surface area contributed by atoms with Gasteiger partial charge in [-0.25, -0.2) is 4.98 Å². The number of aromatic nitrogens is 1. The molecule has 0 spiro atoms. The number of ether oxygens (including phenoxy) is 2. The summed E-state index contributed by atoms with van der Waals surface area (Å²) >= 11 is 0. The van der Waals surface area contributed by atoms with Crippen molar-refractivity contribution in [3.63, 3.8) is 0 Å².